The first kappa shape index (κ1) is 23.1. The third-order valence-corrected chi connectivity index (χ3v) is 6.42. The molecule has 5 heteroatoms. The van der Waals surface area contributed by atoms with Crippen LogP contribution < -0.4 is 10.2 Å². The highest BCUT2D eigenvalue weighted by atomic mass is 35.5. The zero-order chi connectivity index (χ0) is 23.0. The van der Waals surface area contributed by atoms with Gasteiger partial charge in [0.1, 0.15) is 0 Å². The molecule has 0 unspecified atom stereocenters. The second-order valence-corrected chi connectivity index (χ2v) is 8.69. The molecule has 0 saturated carbocycles. The van der Waals surface area contributed by atoms with Crippen molar-refractivity contribution < 1.29 is 0 Å². The Labute approximate surface area is 201 Å². The van der Waals surface area contributed by atoms with Gasteiger partial charge in [0, 0.05) is 65.9 Å². The second-order valence-electron chi connectivity index (χ2n) is 8.26. The first-order chi connectivity index (χ1) is 16.2. The number of halogens is 1. The molecule has 0 bridgehead atoms. The maximum absolute atomic E-state index is 6.11. The van der Waals surface area contributed by atoms with E-state index in [1.165, 1.54) is 5.69 Å². The summed E-state index contributed by atoms with van der Waals surface area (Å²) in [6.45, 7) is 12.0. The van der Waals surface area contributed by atoms with Crippen molar-refractivity contribution in [3.05, 3.63) is 103 Å². The van der Waals surface area contributed by atoms with Gasteiger partial charge < -0.3 is 15.1 Å². The Balaban J connectivity index is 1.36. The number of likely N-dealkylation sites (tertiary alicyclic amines) is 1. The van der Waals surface area contributed by atoms with Crippen molar-refractivity contribution in [1.82, 2.24) is 9.88 Å². The smallest absolute Gasteiger partial charge is 0.0737 e. The Morgan fingerprint density at radius 3 is 2.64 bits per heavy atom. The van der Waals surface area contributed by atoms with Crippen LogP contribution in [0, 0.1) is 0 Å². The molecule has 3 aromatic rings. The van der Waals surface area contributed by atoms with E-state index >= 15 is 0 Å². The number of benzene rings is 2. The summed E-state index contributed by atoms with van der Waals surface area (Å²) in [5, 5.41) is 5.40. The van der Waals surface area contributed by atoms with Gasteiger partial charge in [-0.25, -0.2) is 0 Å². The van der Waals surface area contributed by atoms with Crippen molar-refractivity contribution in [1.29, 1.82) is 0 Å². The summed E-state index contributed by atoms with van der Waals surface area (Å²) >= 11 is 6.11. The number of pyridine rings is 1. The van der Waals surface area contributed by atoms with Crippen molar-refractivity contribution in [3.8, 4) is 0 Å². The minimum Gasteiger partial charge on any atom is -0.383 e. The predicted octanol–water partition coefficient (Wildman–Crippen LogP) is 6.53. The number of piperidine rings is 1. The molecule has 0 amide bonds. The highest BCUT2D eigenvalue weighted by Gasteiger charge is 2.26. The maximum atomic E-state index is 6.11. The highest BCUT2D eigenvalue weighted by Crippen LogP contribution is 2.28. The van der Waals surface area contributed by atoms with Crippen LogP contribution in [0.2, 0.25) is 5.02 Å². The molecule has 1 aromatic heterocycles. The maximum Gasteiger partial charge on any atom is 0.0737 e. The van der Waals surface area contributed by atoms with Gasteiger partial charge >= 0.3 is 0 Å². The molecule has 1 saturated heterocycles. The van der Waals surface area contributed by atoms with Crippen molar-refractivity contribution >= 4 is 33.9 Å². The topological polar surface area (TPSA) is 31.4 Å². The van der Waals surface area contributed by atoms with E-state index in [2.05, 4.69) is 63.6 Å². The lowest BCUT2D eigenvalue weighted by Gasteiger charge is -2.40. The number of allylic oxidation sites excluding steroid dienone is 3. The lowest BCUT2D eigenvalue weighted by atomic mass is 10.0. The Bertz CT molecular complexity index is 1120. The predicted molar refractivity (Wildman–Crippen MR) is 142 cm³/mol. The number of hydrogen-bond acceptors (Lipinski definition) is 4. The van der Waals surface area contributed by atoms with Crippen molar-refractivity contribution in [2.24, 2.45) is 0 Å². The highest BCUT2D eigenvalue weighted by molar-refractivity contribution is 6.31. The van der Waals surface area contributed by atoms with E-state index in [1.54, 1.807) is 0 Å². The summed E-state index contributed by atoms with van der Waals surface area (Å²) in [4.78, 5) is 9.38. The van der Waals surface area contributed by atoms with Crippen LogP contribution in [-0.4, -0.2) is 42.1 Å². The van der Waals surface area contributed by atoms with Gasteiger partial charge in [-0.15, -0.1) is 0 Å². The number of anilines is 2. The van der Waals surface area contributed by atoms with E-state index < -0.39 is 0 Å². The zero-order valence-electron chi connectivity index (χ0n) is 19.0. The molecule has 1 aliphatic heterocycles. The van der Waals surface area contributed by atoms with E-state index in [4.69, 9.17) is 11.6 Å². The van der Waals surface area contributed by atoms with E-state index in [0.29, 0.717) is 11.1 Å². The van der Waals surface area contributed by atoms with Crippen LogP contribution in [0.4, 0.5) is 11.4 Å². The zero-order valence-corrected chi connectivity index (χ0v) is 19.7. The molecule has 1 aliphatic rings. The van der Waals surface area contributed by atoms with Gasteiger partial charge in [-0.05, 0) is 61.4 Å². The summed E-state index contributed by atoms with van der Waals surface area (Å²) in [7, 11) is 0. The second kappa shape index (κ2) is 11.2. The lowest BCUT2D eigenvalue weighted by molar-refractivity contribution is 0.219. The molecule has 1 N–H and O–H groups in total. The molecular formula is C28H31ClN4. The Kier molecular flexibility index (Phi) is 7.82. The fourth-order valence-electron chi connectivity index (χ4n) is 4.55. The van der Waals surface area contributed by atoms with Crippen molar-refractivity contribution in [3.63, 3.8) is 0 Å². The van der Waals surface area contributed by atoms with Crippen LogP contribution in [0.25, 0.3) is 10.9 Å². The molecule has 0 atom stereocenters. The van der Waals surface area contributed by atoms with Gasteiger partial charge in [0.05, 0.1) is 5.52 Å². The number of para-hydroxylation sites is 1. The van der Waals surface area contributed by atoms with Crippen LogP contribution >= 0.6 is 11.6 Å². The molecule has 2 aromatic carbocycles. The van der Waals surface area contributed by atoms with Crippen LogP contribution in [0.5, 0.6) is 0 Å². The molecule has 4 nitrogen and oxygen atoms in total. The molecule has 2 heterocycles. The molecule has 0 radical (unpaired) electrons. The first-order valence-electron chi connectivity index (χ1n) is 11.5. The molecule has 0 aliphatic carbocycles. The Morgan fingerprint density at radius 2 is 1.91 bits per heavy atom. The average Bonchev–Trinajstić information content (AvgIpc) is 2.85. The normalized spacial score (nSPS) is 15.4. The van der Waals surface area contributed by atoms with Crippen LogP contribution in [0.15, 0.2) is 97.9 Å². The molecule has 4 rings (SSSR count). The van der Waals surface area contributed by atoms with Crippen LogP contribution in [0.1, 0.15) is 12.8 Å². The van der Waals surface area contributed by atoms with Crippen LogP contribution in [-0.2, 0) is 0 Å². The molecule has 170 valence electrons. The van der Waals surface area contributed by atoms with Crippen molar-refractivity contribution in [2.45, 2.75) is 18.9 Å². The van der Waals surface area contributed by atoms with Gasteiger partial charge in [0.25, 0.3) is 0 Å². The number of fused-ring (bicyclic) bond motifs is 1. The minimum absolute atomic E-state index is 0.440. The quantitative estimate of drug-likeness (QED) is 0.369. The van der Waals surface area contributed by atoms with Gasteiger partial charge in [-0.3, -0.25) is 4.98 Å². The number of hydrogen-bond donors (Lipinski definition) is 1. The van der Waals surface area contributed by atoms with E-state index in [0.717, 1.165) is 61.3 Å². The van der Waals surface area contributed by atoms with Gasteiger partial charge in [-0.2, -0.15) is 0 Å². The molecule has 33 heavy (non-hydrogen) atoms. The summed E-state index contributed by atoms with van der Waals surface area (Å²) < 4.78 is 0. The summed E-state index contributed by atoms with van der Waals surface area (Å²) in [5.74, 6) is 0. The number of nitrogens with one attached hydrogen (secondary N) is 1. The number of rotatable bonds is 9. The fourth-order valence-corrected chi connectivity index (χ4v) is 4.72. The summed E-state index contributed by atoms with van der Waals surface area (Å²) in [6, 6.07) is 18.9. The van der Waals surface area contributed by atoms with Crippen LogP contribution in [0.3, 0.4) is 0 Å². The lowest BCUT2D eigenvalue weighted by Crippen LogP contribution is -2.45. The van der Waals surface area contributed by atoms with Gasteiger partial charge in [-0.1, -0.05) is 49.0 Å². The van der Waals surface area contributed by atoms with E-state index in [1.807, 2.05) is 48.7 Å². The van der Waals surface area contributed by atoms with Gasteiger partial charge in [0.15, 0.2) is 0 Å². The Morgan fingerprint density at radius 1 is 1.12 bits per heavy atom. The molecule has 1 fully saturated rings. The summed E-state index contributed by atoms with van der Waals surface area (Å²) in [5.41, 5.74) is 4.32. The molecular weight excluding hydrogens is 428 g/mol. The number of nitrogens with zero attached hydrogens (tertiary/aromatic N) is 3. The first-order valence-corrected chi connectivity index (χ1v) is 11.9. The van der Waals surface area contributed by atoms with E-state index in [9.17, 15) is 0 Å². The fraction of sp³-hybridized carbons (Fsp3) is 0.250. The largest absolute Gasteiger partial charge is 0.383 e. The Hall–Kier alpha value is -3.08. The monoisotopic (exact) mass is 458 g/mol. The van der Waals surface area contributed by atoms with Gasteiger partial charge in [0.2, 0.25) is 0 Å². The average molecular weight is 459 g/mol. The third-order valence-electron chi connectivity index (χ3n) is 6.18. The van der Waals surface area contributed by atoms with E-state index in [-0.39, 0.29) is 0 Å². The third kappa shape index (κ3) is 5.65. The standard InChI is InChI=1S/C28H31ClN4/c1-3-8-23(4-2)33(24-9-6-5-7-10-24)25-14-18-32(19-15-25)20-17-31-27-13-16-30-28-21-22(29)11-12-26(27)28/h3-13,16,21,25H,1-2,14-15,17-20H2,(H,30,31)/b23-8+. The number of aromatic nitrogens is 1. The minimum atomic E-state index is 0.440. The SMILES string of the molecule is C=C/C=C(\C=C)N(c1ccccc1)C1CCN(CCNc2ccnc3cc(Cl)ccc23)CC1. The van der Waals surface area contributed by atoms with Crippen molar-refractivity contribution in [2.75, 3.05) is 36.4 Å². The summed E-state index contributed by atoms with van der Waals surface area (Å²) in [6.07, 6.45) is 9.85. The molecule has 0 spiro atoms.